The molecular weight excluding hydrogens is 346 g/mol. The summed E-state index contributed by atoms with van der Waals surface area (Å²) in [6.45, 7) is 3.87. The minimum atomic E-state index is -1.79. The number of β-lactam (4-membered cyclic amide) rings is 1. The van der Waals surface area contributed by atoms with Crippen LogP contribution in [0.5, 0.6) is 0 Å². The van der Waals surface area contributed by atoms with Crippen LogP contribution in [0.4, 0.5) is 5.69 Å². The molecule has 1 unspecified atom stereocenters. The number of rotatable bonds is 7. The predicted octanol–water partition coefficient (Wildman–Crippen LogP) is 3.09. The molecule has 1 aliphatic rings. The van der Waals surface area contributed by atoms with E-state index in [0.29, 0.717) is 12.3 Å². The quantitative estimate of drug-likeness (QED) is 0.325. The molecule has 3 rings (SSSR count). The van der Waals surface area contributed by atoms with Crippen LogP contribution >= 0.6 is 0 Å². The molecule has 0 saturated carbocycles. The third-order valence-corrected chi connectivity index (χ3v) is 4.57. The molecular formula is C21H23NO5. The standard InChI is InChI=1S/C21H23NO5/c1-4-26-15(2)27-21(20(24)25-3)18(16-11-7-5-8-12-16)22(19(21)23)17-13-9-6-10-14-17/h5-15,18H,4H2,1-3H3/t15?,18-,21+/m0/s1. The van der Waals surface area contributed by atoms with Crippen molar-refractivity contribution in [1.29, 1.82) is 0 Å². The molecule has 6 nitrogen and oxygen atoms in total. The Kier molecular flexibility index (Phi) is 5.58. The Labute approximate surface area is 158 Å². The van der Waals surface area contributed by atoms with Crippen LogP contribution in [0.15, 0.2) is 60.7 Å². The minimum absolute atomic E-state index is 0.394. The summed E-state index contributed by atoms with van der Waals surface area (Å²) in [6, 6.07) is 17.8. The first-order valence-corrected chi connectivity index (χ1v) is 8.87. The van der Waals surface area contributed by atoms with Crippen LogP contribution in [0.3, 0.4) is 0 Å². The Bertz CT molecular complexity index is 795. The van der Waals surface area contributed by atoms with E-state index in [-0.39, 0.29) is 0 Å². The lowest BCUT2D eigenvalue weighted by Crippen LogP contribution is -2.74. The van der Waals surface area contributed by atoms with Crippen molar-refractivity contribution in [2.24, 2.45) is 0 Å². The van der Waals surface area contributed by atoms with Gasteiger partial charge in [0.1, 0.15) is 6.04 Å². The summed E-state index contributed by atoms with van der Waals surface area (Å²) in [4.78, 5) is 27.6. The van der Waals surface area contributed by atoms with E-state index >= 15 is 0 Å². The molecule has 1 amide bonds. The van der Waals surface area contributed by atoms with Crippen LogP contribution in [0.25, 0.3) is 0 Å². The van der Waals surface area contributed by atoms with Gasteiger partial charge < -0.3 is 14.2 Å². The van der Waals surface area contributed by atoms with Gasteiger partial charge in [-0.05, 0) is 31.5 Å². The maximum Gasteiger partial charge on any atom is 0.350 e. The van der Waals surface area contributed by atoms with Crippen LogP contribution in [0.2, 0.25) is 0 Å². The lowest BCUT2D eigenvalue weighted by Gasteiger charge is -2.53. The van der Waals surface area contributed by atoms with E-state index in [2.05, 4.69) is 0 Å². The molecule has 27 heavy (non-hydrogen) atoms. The first kappa shape index (κ1) is 19.1. The second kappa shape index (κ2) is 7.90. The molecule has 0 N–H and O–H groups in total. The number of hydrogen-bond donors (Lipinski definition) is 0. The van der Waals surface area contributed by atoms with Gasteiger partial charge in [-0.25, -0.2) is 4.79 Å². The van der Waals surface area contributed by atoms with Crippen molar-refractivity contribution >= 4 is 17.6 Å². The van der Waals surface area contributed by atoms with Crippen molar-refractivity contribution in [2.45, 2.75) is 31.8 Å². The monoisotopic (exact) mass is 369 g/mol. The van der Waals surface area contributed by atoms with Crippen LogP contribution in [-0.2, 0) is 23.8 Å². The van der Waals surface area contributed by atoms with Crippen molar-refractivity contribution in [3.05, 3.63) is 66.2 Å². The SMILES string of the molecule is CCOC(C)O[C@@]1(C(=O)OC)C(=O)N(c2ccccc2)[C@H]1c1ccccc1. The predicted molar refractivity (Wildman–Crippen MR) is 100 cm³/mol. The molecule has 0 bridgehead atoms. The first-order chi connectivity index (χ1) is 13.1. The van der Waals surface area contributed by atoms with Gasteiger partial charge >= 0.3 is 5.97 Å². The fourth-order valence-electron chi connectivity index (χ4n) is 3.45. The van der Waals surface area contributed by atoms with E-state index in [4.69, 9.17) is 14.2 Å². The number of anilines is 1. The smallest absolute Gasteiger partial charge is 0.350 e. The molecule has 2 aromatic rings. The molecule has 1 saturated heterocycles. The Balaban J connectivity index is 2.10. The summed E-state index contributed by atoms with van der Waals surface area (Å²) in [5, 5.41) is 0. The highest BCUT2D eigenvalue weighted by Crippen LogP contribution is 2.49. The summed E-state index contributed by atoms with van der Waals surface area (Å²) in [5.74, 6) is -1.21. The van der Waals surface area contributed by atoms with Crippen molar-refractivity contribution in [3.63, 3.8) is 0 Å². The molecule has 1 fully saturated rings. The highest BCUT2D eigenvalue weighted by molar-refractivity contribution is 6.21. The summed E-state index contributed by atoms with van der Waals surface area (Å²) in [5.41, 5.74) is -0.334. The second-order valence-electron chi connectivity index (χ2n) is 6.19. The highest BCUT2D eigenvalue weighted by Gasteiger charge is 2.69. The third kappa shape index (κ3) is 3.22. The van der Waals surface area contributed by atoms with Gasteiger partial charge in [-0.3, -0.25) is 9.69 Å². The van der Waals surface area contributed by atoms with Crippen molar-refractivity contribution in [3.8, 4) is 0 Å². The molecule has 2 aromatic carbocycles. The molecule has 0 aromatic heterocycles. The van der Waals surface area contributed by atoms with Gasteiger partial charge in [0, 0.05) is 12.3 Å². The molecule has 0 spiro atoms. The molecule has 0 aliphatic carbocycles. The molecule has 0 radical (unpaired) electrons. The molecule has 142 valence electrons. The zero-order chi connectivity index (χ0) is 19.4. The van der Waals surface area contributed by atoms with E-state index in [9.17, 15) is 9.59 Å². The Morgan fingerprint density at radius 2 is 1.70 bits per heavy atom. The maximum absolute atomic E-state index is 13.3. The van der Waals surface area contributed by atoms with E-state index < -0.39 is 29.8 Å². The fourth-order valence-corrected chi connectivity index (χ4v) is 3.45. The van der Waals surface area contributed by atoms with Crippen molar-refractivity contribution < 1.29 is 23.8 Å². The van der Waals surface area contributed by atoms with Gasteiger partial charge in [0.25, 0.3) is 11.5 Å². The first-order valence-electron chi connectivity index (χ1n) is 8.87. The summed E-state index contributed by atoms with van der Waals surface area (Å²) in [7, 11) is 1.25. The Morgan fingerprint density at radius 3 is 2.26 bits per heavy atom. The maximum atomic E-state index is 13.3. The molecule has 6 heteroatoms. The van der Waals surface area contributed by atoms with E-state index in [1.54, 1.807) is 11.8 Å². The number of carbonyl (C=O) groups excluding carboxylic acids is 2. The number of methoxy groups -OCH3 is 1. The number of esters is 1. The van der Waals surface area contributed by atoms with Gasteiger partial charge in [0.15, 0.2) is 6.29 Å². The summed E-state index contributed by atoms with van der Waals surface area (Å²) < 4.78 is 16.3. The van der Waals surface area contributed by atoms with Crippen LogP contribution in [0, 0.1) is 0 Å². The number of carbonyl (C=O) groups is 2. The number of hydrogen-bond acceptors (Lipinski definition) is 5. The Morgan fingerprint density at radius 1 is 1.11 bits per heavy atom. The topological polar surface area (TPSA) is 65.1 Å². The number of benzene rings is 2. The normalized spacial score (nSPS) is 22.9. The zero-order valence-corrected chi connectivity index (χ0v) is 15.6. The zero-order valence-electron chi connectivity index (χ0n) is 15.6. The van der Waals surface area contributed by atoms with Gasteiger partial charge in [-0.1, -0.05) is 48.5 Å². The molecule has 1 heterocycles. The van der Waals surface area contributed by atoms with Gasteiger partial charge in [-0.15, -0.1) is 0 Å². The molecule has 3 atom stereocenters. The van der Waals surface area contributed by atoms with Gasteiger partial charge in [0.2, 0.25) is 0 Å². The lowest BCUT2D eigenvalue weighted by molar-refractivity contribution is -0.232. The highest BCUT2D eigenvalue weighted by atomic mass is 16.7. The Hall–Kier alpha value is -2.70. The van der Waals surface area contributed by atoms with Gasteiger partial charge in [0.05, 0.1) is 7.11 Å². The fraction of sp³-hybridized carbons (Fsp3) is 0.333. The van der Waals surface area contributed by atoms with E-state index in [1.165, 1.54) is 7.11 Å². The minimum Gasteiger partial charge on any atom is -0.466 e. The van der Waals surface area contributed by atoms with E-state index in [1.807, 2.05) is 67.6 Å². The number of ether oxygens (including phenoxy) is 3. The average Bonchev–Trinajstić information content (AvgIpc) is 2.70. The van der Waals surface area contributed by atoms with Crippen LogP contribution in [0.1, 0.15) is 25.5 Å². The number of amides is 1. The third-order valence-electron chi connectivity index (χ3n) is 4.57. The van der Waals surface area contributed by atoms with Crippen molar-refractivity contribution in [2.75, 3.05) is 18.6 Å². The average molecular weight is 369 g/mol. The van der Waals surface area contributed by atoms with E-state index in [0.717, 1.165) is 5.56 Å². The van der Waals surface area contributed by atoms with Crippen molar-refractivity contribution in [1.82, 2.24) is 0 Å². The second-order valence-corrected chi connectivity index (χ2v) is 6.19. The molecule has 1 aliphatic heterocycles. The largest absolute Gasteiger partial charge is 0.466 e. The number of para-hydroxylation sites is 1. The lowest BCUT2D eigenvalue weighted by atomic mass is 9.77. The summed E-state index contributed by atoms with van der Waals surface area (Å²) >= 11 is 0. The number of nitrogens with zero attached hydrogens (tertiary/aromatic N) is 1. The summed E-state index contributed by atoms with van der Waals surface area (Å²) in [6.07, 6.45) is -0.748. The van der Waals surface area contributed by atoms with Crippen LogP contribution < -0.4 is 4.90 Å². The van der Waals surface area contributed by atoms with Gasteiger partial charge in [-0.2, -0.15) is 0 Å². The van der Waals surface area contributed by atoms with Crippen LogP contribution in [-0.4, -0.2) is 37.5 Å².